The van der Waals surface area contributed by atoms with Crippen LogP contribution < -0.4 is 10.6 Å². The third kappa shape index (κ3) is 4.82. The molecule has 0 unspecified atom stereocenters. The number of aliphatic carboxylic acids is 1. The van der Waals surface area contributed by atoms with Crippen LogP contribution in [0.1, 0.15) is 25.5 Å². The van der Waals surface area contributed by atoms with Gasteiger partial charge in [0.2, 0.25) is 17.6 Å². The monoisotopic (exact) mass is 542 g/mol. The molecule has 12 nitrogen and oxygen atoms in total. The number of nitrogens with one attached hydrogen (secondary N) is 2. The molecular weight excluding hydrogens is 516 g/mol. The normalized spacial score (nSPS) is 26.8. The minimum atomic E-state index is -1.38. The maximum atomic E-state index is 13.5. The number of aliphatic hydroxyl groups excluding tert-OH is 2. The molecule has 2 heterocycles. The molecule has 1 aliphatic carbocycles. The van der Waals surface area contributed by atoms with Gasteiger partial charge in [0, 0.05) is 17.0 Å². The van der Waals surface area contributed by atoms with Gasteiger partial charge >= 0.3 is 5.97 Å². The zero-order valence-electron chi connectivity index (χ0n) is 20.5. The molecule has 2 saturated heterocycles. The van der Waals surface area contributed by atoms with Gasteiger partial charge in [0.15, 0.2) is 11.8 Å². The van der Waals surface area contributed by atoms with Crippen LogP contribution in [-0.4, -0.2) is 90.6 Å². The third-order valence-corrected chi connectivity index (χ3v) is 7.99. The summed E-state index contributed by atoms with van der Waals surface area (Å²) < 4.78 is -0.787. The molecule has 1 aromatic rings. The standard InChI is InChI=1S/C25H26N4O8S/c1-25(2)20(24(36)37)29-22(35)19(23(29)38-25)28-21(34)17(12-3-5-13(6-4-12)26-9-10-30)27-18-14(11-31)15(32)7-8-16(18)33/h3-8,11,17,19-20,23,26,30-31H,9-10H2,1-2H3,(H,28,34)(H,36,37)/b14-11-,27-18?/t17-,19-,20+,23-/m1/s1. The number of hydrogen-bond donors (Lipinski definition) is 5. The first-order valence-corrected chi connectivity index (χ1v) is 12.5. The van der Waals surface area contributed by atoms with Crippen LogP contribution in [0.3, 0.4) is 0 Å². The van der Waals surface area contributed by atoms with Crippen molar-refractivity contribution < 1.29 is 39.3 Å². The van der Waals surface area contributed by atoms with Gasteiger partial charge < -0.3 is 30.9 Å². The molecule has 1 aromatic carbocycles. The zero-order valence-corrected chi connectivity index (χ0v) is 21.3. The second-order valence-corrected chi connectivity index (χ2v) is 11.1. The van der Waals surface area contributed by atoms with Gasteiger partial charge in [-0.05, 0) is 43.7 Å². The summed E-state index contributed by atoms with van der Waals surface area (Å²) >= 11 is 1.26. The Balaban J connectivity index is 1.65. The van der Waals surface area contributed by atoms with Gasteiger partial charge in [-0.15, -0.1) is 11.8 Å². The van der Waals surface area contributed by atoms with Crippen LogP contribution in [0.2, 0.25) is 0 Å². The largest absolute Gasteiger partial charge is 0.515 e. The summed E-state index contributed by atoms with van der Waals surface area (Å²) in [6.45, 7) is 3.63. The van der Waals surface area contributed by atoms with E-state index in [1.54, 1.807) is 38.1 Å². The Bertz CT molecular complexity index is 1290. The number of ketones is 2. The van der Waals surface area contributed by atoms with Crippen LogP contribution in [0.4, 0.5) is 5.69 Å². The molecule has 4 atom stereocenters. The number of hydrogen-bond acceptors (Lipinski definition) is 10. The number of carboxylic acid groups (broad SMARTS) is 1. The maximum absolute atomic E-state index is 13.5. The molecule has 2 amide bonds. The number of allylic oxidation sites excluding steroid dienone is 3. The number of rotatable bonds is 8. The van der Waals surface area contributed by atoms with Crippen molar-refractivity contribution in [2.45, 2.75) is 42.1 Å². The molecule has 38 heavy (non-hydrogen) atoms. The summed E-state index contributed by atoms with van der Waals surface area (Å²) in [5, 5.41) is 33.2. The number of amides is 2. The first-order chi connectivity index (χ1) is 18.0. The van der Waals surface area contributed by atoms with Gasteiger partial charge in [-0.25, -0.2) is 4.79 Å². The molecule has 2 fully saturated rings. The van der Waals surface area contributed by atoms with E-state index in [4.69, 9.17) is 5.11 Å². The Labute approximate surface area is 221 Å². The highest BCUT2D eigenvalue weighted by Crippen LogP contribution is 2.50. The number of nitrogens with zero attached hydrogens (tertiary/aromatic N) is 2. The summed E-state index contributed by atoms with van der Waals surface area (Å²) in [5.74, 6) is -3.79. The predicted molar refractivity (Wildman–Crippen MR) is 138 cm³/mol. The van der Waals surface area contributed by atoms with E-state index in [-0.39, 0.29) is 12.2 Å². The first kappa shape index (κ1) is 27.1. The highest BCUT2D eigenvalue weighted by atomic mass is 32.2. The summed E-state index contributed by atoms with van der Waals surface area (Å²) in [6.07, 6.45) is 2.43. The van der Waals surface area contributed by atoms with Crippen LogP contribution in [-0.2, 0) is 24.0 Å². The van der Waals surface area contributed by atoms with Crippen LogP contribution in [0.15, 0.2) is 53.2 Å². The number of benzene rings is 1. The SMILES string of the molecule is CC1(C)S[C@@H]2[C@H](NC(=O)[C@H](N=C3C(=O)C=CC(=O)/C3=C/O)c3ccc(NCCO)cc3)C(=O)N2[C@H]1C(=O)O. The van der Waals surface area contributed by atoms with Crippen LogP contribution >= 0.6 is 11.8 Å². The third-order valence-electron chi connectivity index (χ3n) is 6.42. The van der Waals surface area contributed by atoms with E-state index in [1.807, 2.05) is 0 Å². The first-order valence-electron chi connectivity index (χ1n) is 11.7. The van der Waals surface area contributed by atoms with Crippen molar-refractivity contribution in [1.82, 2.24) is 10.2 Å². The van der Waals surface area contributed by atoms with Gasteiger partial charge in [0.1, 0.15) is 23.2 Å². The fourth-order valence-corrected chi connectivity index (χ4v) is 6.23. The van der Waals surface area contributed by atoms with E-state index in [0.717, 1.165) is 12.2 Å². The van der Waals surface area contributed by atoms with Crippen molar-refractivity contribution in [1.29, 1.82) is 0 Å². The fraction of sp³-hybridized carbons (Fsp3) is 0.360. The topological polar surface area (TPSA) is 186 Å². The van der Waals surface area contributed by atoms with Crippen molar-refractivity contribution in [2.75, 3.05) is 18.5 Å². The van der Waals surface area contributed by atoms with Crippen molar-refractivity contribution >= 4 is 52.5 Å². The van der Waals surface area contributed by atoms with E-state index >= 15 is 0 Å². The number of carbonyl (C=O) groups is 5. The summed E-state index contributed by atoms with van der Waals surface area (Å²) in [6, 6.07) is 2.93. The van der Waals surface area contributed by atoms with Crippen molar-refractivity contribution in [3.8, 4) is 0 Å². The molecule has 0 radical (unpaired) electrons. The Morgan fingerprint density at radius 3 is 2.42 bits per heavy atom. The number of aliphatic imine (C=N–C) groups is 1. The molecule has 200 valence electrons. The molecule has 3 aliphatic rings. The minimum Gasteiger partial charge on any atom is -0.515 e. The summed E-state index contributed by atoms with van der Waals surface area (Å²) in [5.41, 5.74) is 0.181. The van der Waals surface area contributed by atoms with Crippen molar-refractivity contribution in [3.63, 3.8) is 0 Å². The highest BCUT2D eigenvalue weighted by molar-refractivity contribution is 8.01. The van der Waals surface area contributed by atoms with Crippen LogP contribution in [0, 0.1) is 0 Å². The lowest BCUT2D eigenvalue weighted by molar-refractivity contribution is -0.161. The molecule has 13 heteroatoms. The maximum Gasteiger partial charge on any atom is 0.327 e. The fourth-order valence-electron chi connectivity index (χ4n) is 4.60. The van der Waals surface area contributed by atoms with E-state index < -0.39 is 63.3 Å². The van der Waals surface area contributed by atoms with Gasteiger partial charge in [-0.3, -0.25) is 24.2 Å². The average Bonchev–Trinajstić information content (AvgIpc) is 3.14. The van der Waals surface area contributed by atoms with Crippen molar-refractivity contribution in [3.05, 3.63) is 53.8 Å². The average molecular weight is 543 g/mol. The molecule has 2 aliphatic heterocycles. The molecule has 0 spiro atoms. The quantitative estimate of drug-likeness (QED) is 0.174. The minimum absolute atomic E-state index is 0.0917. The summed E-state index contributed by atoms with van der Waals surface area (Å²) in [7, 11) is 0. The number of thioether (sulfide) groups is 1. The van der Waals surface area contributed by atoms with E-state index in [2.05, 4.69) is 15.6 Å². The second kappa shape index (κ2) is 10.4. The lowest BCUT2D eigenvalue weighted by atomic mass is 9.95. The summed E-state index contributed by atoms with van der Waals surface area (Å²) in [4.78, 5) is 68.4. The van der Waals surface area contributed by atoms with E-state index in [0.29, 0.717) is 24.1 Å². The second-order valence-electron chi connectivity index (χ2n) is 9.34. The highest BCUT2D eigenvalue weighted by Gasteiger charge is 2.64. The van der Waals surface area contributed by atoms with Gasteiger partial charge in [0.25, 0.3) is 0 Å². The lowest BCUT2D eigenvalue weighted by Gasteiger charge is -2.43. The van der Waals surface area contributed by atoms with Gasteiger partial charge in [-0.2, -0.15) is 0 Å². The molecule has 0 saturated carbocycles. The number of carboxylic acids is 1. The molecule has 4 rings (SSSR count). The molecular formula is C25H26N4O8S. The molecule has 0 bridgehead atoms. The zero-order chi connectivity index (χ0) is 27.8. The van der Waals surface area contributed by atoms with Gasteiger partial charge in [-0.1, -0.05) is 12.1 Å². The van der Waals surface area contributed by atoms with Crippen molar-refractivity contribution in [2.24, 2.45) is 4.99 Å². The smallest absolute Gasteiger partial charge is 0.327 e. The lowest BCUT2D eigenvalue weighted by Crippen LogP contribution is -2.70. The number of anilines is 1. The number of fused-ring (bicyclic) bond motifs is 1. The number of β-lactam (4-membered cyclic amide) rings is 1. The molecule has 5 N–H and O–H groups in total. The number of carbonyl (C=O) groups excluding carboxylic acids is 4. The number of aliphatic hydroxyl groups is 2. The Hall–Kier alpha value is -3.97. The predicted octanol–water partition coefficient (Wildman–Crippen LogP) is 0.355. The van der Waals surface area contributed by atoms with E-state index in [1.165, 1.54) is 16.7 Å². The van der Waals surface area contributed by atoms with Crippen LogP contribution in [0.5, 0.6) is 0 Å². The Morgan fingerprint density at radius 1 is 1.16 bits per heavy atom. The Kier molecular flexibility index (Phi) is 7.42. The van der Waals surface area contributed by atoms with Crippen LogP contribution in [0.25, 0.3) is 0 Å². The Morgan fingerprint density at radius 2 is 1.82 bits per heavy atom. The van der Waals surface area contributed by atoms with E-state index in [9.17, 15) is 34.2 Å². The van der Waals surface area contributed by atoms with Gasteiger partial charge in [0.05, 0.1) is 18.4 Å². The molecule has 0 aromatic heterocycles.